The lowest BCUT2D eigenvalue weighted by Gasteiger charge is -2.08. The normalized spacial score (nSPS) is 10.2. The molecule has 0 atom stereocenters. The average molecular weight is 200 g/mol. The zero-order valence-corrected chi connectivity index (χ0v) is 8.22. The van der Waals surface area contributed by atoms with Gasteiger partial charge in [0.2, 0.25) is 0 Å². The smallest absolute Gasteiger partial charge is 0.123 e. The monoisotopic (exact) mass is 200 g/mol. The van der Waals surface area contributed by atoms with Crippen LogP contribution in [0.3, 0.4) is 0 Å². The summed E-state index contributed by atoms with van der Waals surface area (Å²) in [6.45, 7) is 0.437. The third kappa shape index (κ3) is 1.82. The lowest BCUT2D eigenvalue weighted by atomic mass is 10.0. The van der Waals surface area contributed by atoms with E-state index in [1.165, 1.54) is 0 Å². The van der Waals surface area contributed by atoms with Crippen LogP contribution >= 0.6 is 0 Å². The maximum Gasteiger partial charge on any atom is 0.123 e. The molecule has 0 aliphatic heterocycles. The van der Waals surface area contributed by atoms with Gasteiger partial charge in [-0.1, -0.05) is 18.2 Å². The first-order chi connectivity index (χ1) is 7.33. The van der Waals surface area contributed by atoms with Crippen molar-refractivity contribution < 1.29 is 5.11 Å². The lowest BCUT2D eigenvalue weighted by molar-refractivity contribution is 0.477. The highest BCUT2D eigenvalue weighted by atomic mass is 16.3. The Kier molecular flexibility index (Phi) is 2.65. The molecule has 1 aromatic heterocycles. The minimum atomic E-state index is 0.250. The predicted octanol–water partition coefficient (Wildman–Crippen LogP) is 1.91. The highest BCUT2D eigenvalue weighted by molar-refractivity contribution is 5.72. The Morgan fingerprint density at radius 3 is 2.67 bits per heavy atom. The highest BCUT2D eigenvalue weighted by Crippen LogP contribution is 2.30. The molecular formula is C12H12N2O. The summed E-state index contributed by atoms with van der Waals surface area (Å²) in [5.41, 5.74) is 8.26. The standard InChI is InChI=1S/C12H12N2O/c13-7-9-5-6-14-8-11(9)10-3-1-2-4-12(10)15/h1-6,8,15H,7,13H2. The Labute approximate surface area is 88.2 Å². The molecule has 76 valence electrons. The van der Waals surface area contributed by atoms with Gasteiger partial charge in [0.25, 0.3) is 0 Å². The van der Waals surface area contributed by atoms with Crippen LogP contribution in [-0.2, 0) is 6.54 Å². The molecule has 0 saturated carbocycles. The minimum Gasteiger partial charge on any atom is -0.507 e. The molecule has 3 N–H and O–H groups in total. The molecule has 15 heavy (non-hydrogen) atoms. The Bertz CT molecular complexity index is 469. The number of nitrogens with zero attached hydrogens (tertiary/aromatic N) is 1. The van der Waals surface area contributed by atoms with Crippen LogP contribution in [0, 0.1) is 0 Å². The molecule has 3 heteroatoms. The van der Waals surface area contributed by atoms with Crippen LogP contribution in [0.5, 0.6) is 5.75 Å². The van der Waals surface area contributed by atoms with Gasteiger partial charge in [0.05, 0.1) is 0 Å². The summed E-state index contributed by atoms with van der Waals surface area (Å²) in [7, 11) is 0. The molecule has 0 saturated heterocycles. The lowest BCUT2D eigenvalue weighted by Crippen LogP contribution is -1.99. The molecule has 0 bridgehead atoms. The van der Waals surface area contributed by atoms with E-state index in [4.69, 9.17) is 5.73 Å². The Hall–Kier alpha value is -1.87. The van der Waals surface area contributed by atoms with E-state index in [9.17, 15) is 5.11 Å². The second kappa shape index (κ2) is 4.11. The van der Waals surface area contributed by atoms with Crippen LogP contribution in [-0.4, -0.2) is 10.1 Å². The fraction of sp³-hybridized carbons (Fsp3) is 0.0833. The molecular weight excluding hydrogens is 188 g/mol. The van der Waals surface area contributed by atoms with Gasteiger partial charge in [0, 0.05) is 30.1 Å². The van der Waals surface area contributed by atoms with E-state index in [0.717, 1.165) is 16.7 Å². The summed E-state index contributed by atoms with van der Waals surface area (Å²) in [5.74, 6) is 0.250. The quantitative estimate of drug-likeness (QED) is 0.778. The molecule has 0 fully saturated rings. The molecule has 1 aromatic carbocycles. The maximum absolute atomic E-state index is 9.72. The van der Waals surface area contributed by atoms with Gasteiger partial charge in [0.1, 0.15) is 5.75 Å². The summed E-state index contributed by atoms with van der Waals surface area (Å²) in [6, 6.07) is 9.04. The van der Waals surface area contributed by atoms with E-state index >= 15 is 0 Å². The van der Waals surface area contributed by atoms with Crippen molar-refractivity contribution in [1.82, 2.24) is 4.98 Å². The van der Waals surface area contributed by atoms with Gasteiger partial charge < -0.3 is 10.8 Å². The van der Waals surface area contributed by atoms with Gasteiger partial charge in [0.15, 0.2) is 0 Å². The van der Waals surface area contributed by atoms with Crippen molar-refractivity contribution in [3.63, 3.8) is 0 Å². The Morgan fingerprint density at radius 2 is 1.93 bits per heavy atom. The topological polar surface area (TPSA) is 59.1 Å². The van der Waals surface area contributed by atoms with Crippen LogP contribution in [0.1, 0.15) is 5.56 Å². The van der Waals surface area contributed by atoms with E-state index in [2.05, 4.69) is 4.98 Å². The number of hydrogen-bond acceptors (Lipinski definition) is 3. The van der Waals surface area contributed by atoms with E-state index < -0.39 is 0 Å². The summed E-state index contributed by atoms with van der Waals surface area (Å²) >= 11 is 0. The summed E-state index contributed by atoms with van der Waals surface area (Å²) < 4.78 is 0. The summed E-state index contributed by atoms with van der Waals surface area (Å²) in [5, 5.41) is 9.72. The van der Waals surface area contributed by atoms with E-state index in [1.54, 1.807) is 24.5 Å². The second-order valence-electron chi connectivity index (χ2n) is 3.25. The van der Waals surface area contributed by atoms with Crippen molar-refractivity contribution in [3.05, 3.63) is 48.3 Å². The predicted molar refractivity (Wildman–Crippen MR) is 59.2 cm³/mol. The number of aromatic hydroxyl groups is 1. The first-order valence-corrected chi connectivity index (χ1v) is 4.74. The third-order valence-electron chi connectivity index (χ3n) is 2.33. The first kappa shape index (κ1) is 9.68. The van der Waals surface area contributed by atoms with Crippen molar-refractivity contribution in [2.75, 3.05) is 0 Å². The van der Waals surface area contributed by atoms with Gasteiger partial charge in [-0.2, -0.15) is 0 Å². The molecule has 3 nitrogen and oxygen atoms in total. The fourth-order valence-electron chi connectivity index (χ4n) is 1.55. The van der Waals surface area contributed by atoms with Crippen LogP contribution in [0.2, 0.25) is 0 Å². The highest BCUT2D eigenvalue weighted by Gasteiger charge is 2.07. The van der Waals surface area contributed by atoms with Gasteiger partial charge in [-0.05, 0) is 17.7 Å². The van der Waals surface area contributed by atoms with Gasteiger partial charge in [-0.25, -0.2) is 0 Å². The molecule has 2 aromatic rings. The molecule has 0 aliphatic carbocycles. The molecule has 0 spiro atoms. The number of phenols is 1. The Balaban J connectivity index is 2.59. The molecule has 0 radical (unpaired) electrons. The average Bonchev–Trinajstić information content (AvgIpc) is 2.30. The van der Waals surface area contributed by atoms with Crippen molar-refractivity contribution in [1.29, 1.82) is 0 Å². The number of hydrogen-bond donors (Lipinski definition) is 2. The molecule has 0 aliphatic rings. The molecule has 0 unspecified atom stereocenters. The largest absolute Gasteiger partial charge is 0.507 e. The molecule has 0 amide bonds. The number of para-hydroxylation sites is 1. The number of phenolic OH excluding ortho intramolecular Hbond substituents is 1. The van der Waals surface area contributed by atoms with Crippen molar-refractivity contribution in [2.45, 2.75) is 6.54 Å². The zero-order valence-electron chi connectivity index (χ0n) is 8.22. The first-order valence-electron chi connectivity index (χ1n) is 4.74. The molecule has 2 rings (SSSR count). The van der Waals surface area contributed by atoms with Gasteiger partial charge >= 0.3 is 0 Å². The summed E-state index contributed by atoms with van der Waals surface area (Å²) in [4.78, 5) is 4.04. The van der Waals surface area contributed by atoms with Crippen molar-refractivity contribution in [2.24, 2.45) is 5.73 Å². The number of aromatic nitrogens is 1. The van der Waals surface area contributed by atoms with Gasteiger partial charge in [-0.3, -0.25) is 4.98 Å². The van der Waals surface area contributed by atoms with Crippen molar-refractivity contribution >= 4 is 0 Å². The van der Waals surface area contributed by atoms with E-state index in [-0.39, 0.29) is 5.75 Å². The minimum absolute atomic E-state index is 0.250. The zero-order chi connectivity index (χ0) is 10.7. The fourth-order valence-corrected chi connectivity index (χ4v) is 1.55. The Morgan fingerprint density at radius 1 is 1.13 bits per heavy atom. The number of benzene rings is 1. The number of pyridine rings is 1. The SMILES string of the molecule is NCc1ccncc1-c1ccccc1O. The number of rotatable bonds is 2. The van der Waals surface area contributed by atoms with Crippen molar-refractivity contribution in [3.8, 4) is 16.9 Å². The van der Waals surface area contributed by atoms with Crippen LogP contribution in [0.25, 0.3) is 11.1 Å². The number of nitrogens with two attached hydrogens (primary N) is 1. The van der Waals surface area contributed by atoms with Crippen LogP contribution < -0.4 is 5.73 Å². The van der Waals surface area contributed by atoms with E-state index in [0.29, 0.717) is 6.54 Å². The van der Waals surface area contributed by atoms with Crippen LogP contribution in [0.15, 0.2) is 42.7 Å². The summed E-state index contributed by atoms with van der Waals surface area (Å²) in [6.07, 6.45) is 3.42. The molecule has 1 heterocycles. The van der Waals surface area contributed by atoms with E-state index in [1.807, 2.05) is 18.2 Å². The maximum atomic E-state index is 9.72. The second-order valence-corrected chi connectivity index (χ2v) is 3.25. The third-order valence-corrected chi connectivity index (χ3v) is 2.33. The van der Waals surface area contributed by atoms with Crippen LogP contribution in [0.4, 0.5) is 0 Å². The van der Waals surface area contributed by atoms with Gasteiger partial charge in [-0.15, -0.1) is 0 Å².